The van der Waals surface area contributed by atoms with Crippen molar-refractivity contribution in [2.75, 3.05) is 0 Å². The van der Waals surface area contributed by atoms with E-state index in [1.54, 1.807) is 0 Å². The molecule has 7 heteroatoms. The lowest BCUT2D eigenvalue weighted by molar-refractivity contribution is 0.382. The number of hydrogen-bond acceptors (Lipinski definition) is 0. The molecule has 0 N–H and O–H groups in total. The van der Waals surface area contributed by atoms with Crippen LogP contribution in [0.5, 0.6) is 0 Å². The Labute approximate surface area is 134 Å². The first-order valence-electron chi connectivity index (χ1n) is 5.15. The first-order valence-corrected chi connectivity index (χ1v) is 7.85. The molecule has 0 saturated heterocycles. The van der Waals surface area contributed by atoms with E-state index in [4.69, 9.17) is 81.2 Å². The van der Waals surface area contributed by atoms with Crippen LogP contribution in [-0.2, 0) is 0 Å². The molecular formula is C10H7Cl7. The Morgan fingerprint density at radius 1 is 0.824 bits per heavy atom. The Hall–Kier alpha value is 1.77. The molecule has 0 amide bonds. The Morgan fingerprint density at radius 2 is 1.18 bits per heavy atom. The van der Waals surface area contributed by atoms with Gasteiger partial charge in [-0.25, -0.2) is 0 Å². The summed E-state index contributed by atoms with van der Waals surface area (Å²) in [5.41, 5.74) is 0. The first kappa shape index (κ1) is 13.7. The molecule has 0 nitrogen and oxygen atoms in total. The minimum absolute atomic E-state index is 0.0118. The van der Waals surface area contributed by atoms with Crippen LogP contribution in [0.3, 0.4) is 0 Å². The highest BCUT2D eigenvalue weighted by Crippen LogP contribution is 2.79. The highest BCUT2D eigenvalue weighted by atomic mass is 35.5. The third-order valence-corrected chi connectivity index (χ3v) is 8.98. The van der Waals surface area contributed by atoms with Crippen molar-refractivity contribution in [2.45, 2.75) is 32.3 Å². The summed E-state index contributed by atoms with van der Waals surface area (Å²) in [4.78, 5) is -2.24. The predicted octanol–water partition coefficient (Wildman–Crippen LogP) is 5.47. The molecule has 0 aliphatic heterocycles. The molecule has 2 fully saturated rings. The molecule has 96 valence electrons. The summed E-state index contributed by atoms with van der Waals surface area (Å²) < 4.78 is -1.40. The first-order chi connectivity index (χ1) is 7.69. The Balaban J connectivity index is 2.24. The molecule has 3 aliphatic rings. The van der Waals surface area contributed by atoms with Crippen molar-refractivity contribution in [3.8, 4) is 0 Å². The van der Waals surface area contributed by atoms with Gasteiger partial charge in [0.25, 0.3) is 0 Å². The van der Waals surface area contributed by atoms with E-state index in [9.17, 15) is 0 Å². The van der Waals surface area contributed by atoms with E-state index in [0.717, 1.165) is 0 Å². The molecule has 3 rings (SSSR count). The number of allylic oxidation sites excluding steroid dienone is 2. The number of hydrogen-bond donors (Lipinski definition) is 0. The number of fused-ring (bicyclic) bond motifs is 5. The van der Waals surface area contributed by atoms with Gasteiger partial charge >= 0.3 is 0 Å². The zero-order valence-electron chi connectivity index (χ0n) is 8.29. The second-order valence-corrected chi connectivity index (χ2v) is 8.80. The summed E-state index contributed by atoms with van der Waals surface area (Å²) in [6.45, 7) is 0. The van der Waals surface area contributed by atoms with Gasteiger partial charge in [0.15, 0.2) is 4.33 Å². The van der Waals surface area contributed by atoms with Crippen LogP contribution in [0.2, 0.25) is 0 Å². The molecule has 0 aromatic heterocycles. The van der Waals surface area contributed by atoms with Gasteiger partial charge in [0.05, 0.1) is 10.1 Å². The minimum atomic E-state index is -1.40. The van der Waals surface area contributed by atoms with E-state index in [1.165, 1.54) is 0 Å². The lowest BCUT2D eigenvalue weighted by Crippen LogP contribution is -2.45. The predicted molar refractivity (Wildman–Crippen MR) is 76.2 cm³/mol. The van der Waals surface area contributed by atoms with Crippen molar-refractivity contribution < 1.29 is 0 Å². The van der Waals surface area contributed by atoms with Gasteiger partial charge in [-0.05, 0) is 24.7 Å². The summed E-state index contributed by atoms with van der Waals surface area (Å²) >= 11 is 44.6. The van der Waals surface area contributed by atoms with Gasteiger partial charge in [0.2, 0.25) is 0 Å². The number of halogens is 7. The third-order valence-electron chi connectivity index (χ3n) is 4.27. The molecular weight excluding hydrogens is 368 g/mol. The highest BCUT2D eigenvalue weighted by molar-refractivity contribution is 6.65. The fraction of sp³-hybridized carbons (Fsp3) is 0.800. The van der Waals surface area contributed by atoms with Crippen LogP contribution in [0.1, 0.15) is 12.8 Å². The molecule has 0 heterocycles. The normalized spacial score (nSPS) is 55.6. The summed E-state index contributed by atoms with van der Waals surface area (Å²) in [5.74, 6) is -0.0664. The van der Waals surface area contributed by atoms with Gasteiger partial charge < -0.3 is 0 Å². The fourth-order valence-electron chi connectivity index (χ4n) is 3.51. The maximum atomic E-state index is 6.61. The third kappa shape index (κ3) is 1.24. The quantitative estimate of drug-likeness (QED) is 0.493. The van der Waals surface area contributed by atoms with Gasteiger partial charge in [-0.1, -0.05) is 46.4 Å². The van der Waals surface area contributed by atoms with E-state index >= 15 is 0 Å². The molecule has 3 aliphatic carbocycles. The summed E-state index contributed by atoms with van der Waals surface area (Å²) in [5, 5.41) is 0.554. The van der Waals surface area contributed by atoms with Crippen molar-refractivity contribution in [3.63, 3.8) is 0 Å². The molecule has 1 unspecified atom stereocenters. The van der Waals surface area contributed by atoms with Crippen molar-refractivity contribution in [1.29, 1.82) is 0 Å². The molecule has 0 aromatic rings. The van der Waals surface area contributed by atoms with Crippen LogP contribution in [0.25, 0.3) is 0 Å². The lowest BCUT2D eigenvalue weighted by Gasteiger charge is -2.34. The van der Waals surface area contributed by atoms with Crippen LogP contribution in [0.4, 0.5) is 0 Å². The van der Waals surface area contributed by atoms with E-state index in [2.05, 4.69) is 0 Å². The topological polar surface area (TPSA) is 0 Å². The van der Waals surface area contributed by atoms with E-state index in [1.807, 2.05) is 0 Å². The summed E-state index contributed by atoms with van der Waals surface area (Å²) in [7, 11) is 0. The SMILES string of the molecule is ClC1=C(Cl)[C@]2(Cl)[C@@H]3CC(Cl)C[C@@H]3[C@@]1(Cl)C2(Cl)Cl. The molecule has 0 radical (unpaired) electrons. The zero-order chi connectivity index (χ0) is 12.8. The molecule has 17 heavy (non-hydrogen) atoms. The molecule has 2 saturated carbocycles. The molecule has 5 atom stereocenters. The van der Waals surface area contributed by atoms with Crippen LogP contribution in [0.15, 0.2) is 10.1 Å². The van der Waals surface area contributed by atoms with Crippen LogP contribution < -0.4 is 0 Å². The standard InChI is InChI=1S/C10H7Cl7/c11-3-1-4-5(2-3)9(15)7(13)6(12)8(4,14)10(9,16)17/h3-5H,1-2H2/t3?,4-,5+,8-,9+. The highest BCUT2D eigenvalue weighted by Gasteiger charge is 2.83. The Bertz CT molecular complexity index is 394. The zero-order valence-corrected chi connectivity index (χ0v) is 13.6. The number of alkyl halides is 5. The second kappa shape index (κ2) is 3.70. The lowest BCUT2D eigenvalue weighted by atomic mass is 9.85. The van der Waals surface area contributed by atoms with Crippen LogP contribution in [0, 0.1) is 11.8 Å². The van der Waals surface area contributed by atoms with Gasteiger partial charge in [-0.3, -0.25) is 0 Å². The van der Waals surface area contributed by atoms with Gasteiger partial charge in [0, 0.05) is 5.38 Å². The van der Waals surface area contributed by atoms with Crippen molar-refractivity contribution in [2.24, 2.45) is 11.8 Å². The van der Waals surface area contributed by atoms with Crippen LogP contribution in [-0.4, -0.2) is 19.5 Å². The molecule has 0 aromatic carbocycles. The van der Waals surface area contributed by atoms with Crippen molar-refractivity contribution in [3.05, 3.63) is 10.1 Å². The van der Waals surface area contributed by atoms with E-state index < -0.39 is 14.1 Å². The summed E-state index contributed by atoms with van der Waals surface area (Å²) in [6, 6.07) is 0. The van der Waals surface area contributed by atoms with Gasteiger partial charge in [0.1, 0.15) is 9.75 Å². The maximum absolute atomic E-state index is 6.61. The Morgan fingerprint density at radius 3 is 1.53 bits per heavy atom. The van der Waals surface area contributed by atoms with E-state index in [0.29, 0.717) is 12.8 Å². The average Bonchev–Trinajstić information content (AvgIpc) is 2.72. The largest absolute Gasteiger partial charge is 0.166 e. The van der Waals surface area contributed by atoms with Gasteiger partial charge in [-0.15, -0.1) is 34.8 Å². The van der Waals surface area contributed by atoms with Crippen molar-refractivity contribution in [1.82, 2.24) is 0 Å². The van der Waals surface area contributed by atoms with E-state index in [-0.39, 0.29) is 27.3 Å². The fourth-order valence-corrected chi connectivity index (χ4v) is 7.00. The van der Waals surface area contributed by atoms with Gasteiger partial charge in [-0.2, -0.15) is 0 Å². The maximum Gasteiger partial charge on any atom is 0.166 e. The molecule has 2 bridgehead atoms. The van der Waals surface area contributed by atoms with Crippen LogP contribution >= 0.6 is 81.2 Å². The Kier molecular flexibility index (Phi) is 2.99. The van der Waals surface area contributed by atoms with Crippen molar-refractivity contribution >= 4 is 81.2 Å². The second-order valence-electron chi connectivity index (χ2n) is 4.91. The minimum Gasteiger partial charge on any atom is -0.123 e. The average molecular weight is 375 g/mol. The number of rotatable bonds is 0. The molecule has 0 spiro atoms. The smallest absolute Gasteiger partial charge is 0.123 e. The monoisotopic (exact) mass is 372 g/mol. The summed E-state index contributed by atoms with van der Waals surface area (Å²) in [6.07, 6.45) is 1.40.